The number of ether oxygens (including phenoxy) is 1. The van der Waals surface area contributed by atoms with Crippen molar-refractivity contribution in [1.29, 1.82) is 0 Å². The lowest BCUT2D eigenvalue weighted by Gasteiger charge is -2.35. The summed E-state index contributed by atoms with van der Waals surface area (Å²) in [5.41, 5.74) is 1.36. The summed E-state index contributed by atoms with van der Waals surface area (Å²) >= 11 is 1.76. The molecule has 1 aliphatic carbocycles. The third kappa shape index (κ3) is 3.53. The minimum absolute atomic E-state index is 0.158. The molecule has 1 fully saturated rings. The molecule has 1 N–H and O–H groups in total. The normalized spacial score (nSPS) is 24.0. The molecule has 0 aromatic carbocycles. The molecule has 1 aliphatic rings. The van der Waals surface area contributed by atoms with Crippen molar-refractivity contribution < 1.29 is 4.74 Å². The van der Waals surface area contributed by atoms with Crippen LogP contribution in [0.3, 0.4) is 0 Å². The third-order valence-electron chi connectivity index (χ3n) is 3.36. The number of nitrogens with zero attached hydrogens (tertiary/aromatic N) is 1. The first kappa shape index (κ1) is 14.0. The molecule has 1 aromatic heterocycles. The molecular weight excluding hydrogens is 244 g/mol. The van der Waals surface area contributed by atoms with Gasteiger partial charge in [0.25, 0.3) is 0 Å². The van der Waals surface area contributed by atoms with Gasteiger partial charge in [-0.1, -0.05) is 20.8 Å². The summed E-state index contributed by atoms with van der Waals surface area (Å²) in [5.74, 6) is 0. The smallest absolute Gasteiger partial charge is 0.107 e. The van der Waals surface area contributed by atoms with E-state index in [-0.39, 0.29) is 5.41 Å². The van der Waals surface area contributed by atoms with E-state index < -0.39 is 0 Å². The fraction of sp³-hybridized carbons (Fsp3) is 0.786. The third-order valence-corrected chi connectivity index (χ3v) is 4.21. The molecule has 4 heteroatoms. The average molecular weight is 268 g/mol. The van der Waals surface area contributed by atoms with Crippen LogP contribution in [0, 0.1) is 0 Å². The van der Waals surface area contributed by atoms with Crippen molar-refractivity contribution in [2.75, 3.05) is 6.61 Å². The first-order valence-corrected chi connectivity index (χ1v) is 7.67. The second kappa shape index (κ2) is 5.68. The highest BCUT2D eigenvalue weighted by atomic mass is 32.1. The van der Waals surface area contributed by atoms with Gasteiger partial charge in [-0.2, -0.15) is 0 Å². The molecule has 0 unspecified atom stereocenters. The number of thiazole rings is 1. The molecule has 0 atom stereocenters. The van der Waals surface area contributed by atoms with Gasteiger partial charge in [-0.3, -0.25) is 0 Å². The molecule has 0 radical (unpaired) electrons. The van der Waals surface area contributed by atoms with Crippen LogP contribution in [0.5, 0.6) is 0 Å². The van der Waals surface area contributed by atoms with Crippen molar-refractivity contribution in [3.63, 3.8) is 0 Å². The lowest BCUT2D eigenvalue weighted by atomic mass is 9.89. The lowest BCUT2D eigenvalue weighted by Crippen LogP contribution is -2.45. The van der Waals surface area contributed by atoms with E-state index in [1.165, 1.54) is 10.7 Å². The van der Waals surface area contributed by atoms with Gasteiger partial charge in [-0.25, -0.2) is 4.98 Å². The molecule has 1 heterocycles. The Kier molecular flexibility index (Phi) is 4.41. The van der Waals surface area contributed by atoms with E-state index in [4.69, 9.17) is 9.72 Å². The number of aromatic nitrogens is 1. The zero-order valence-electron chi connectivity index (χ0n) is 11.8. The highest BCUT2D eigenvalue weighted by Gasteiger charge is 2.29. The summed E-state index contributed by atoms with van der Waals surface area (Å²) in [6.07, 6.45) is 2.77. The minimum atomic E-state index is 0.158. The van der Waals surface area contributed by atoms with Gasteiger partial charge in [0.15, 0.2) is 0 Å². The Morgan fingerprint density at radius 1 is 1.44 bits per heavy atom. The standard InChI is InChI=1S/C14H24N2OS/c1-5-17-11-6-10(7-11)15-8-13-16-12(9-18-13)14(2,3)4/h9-11,15H,5-8H2,1-4H3. The van der Waals surface area contributed by atoms with Gasteiger partial charge in [-0.05, 0) is 19.8 Å². The van der Waals surface area contributed by atoms with Crippen LogP contribution in [0.4, 0.5) is 0 Å². The summed E-state index contributed by atoms with van der Waals surface area (Å²) in [6, 6.07) is 0.614. The fourth-order valence-electron chi connectivity index (χ4n) is 2.07. The zero-order valence-corrected chi connectivity index (χ0v) is 12.6. The van der Waals surface area contributed by atoms with E-state index in [0.717, 1.165) is 26.0 Å². The van der Waals surface area contributed by atoms with E-state index in [2.05, 4.69) is 38.4 Å². The molecule has 3 nitrogen and oxygen atoms in total. The van der Waals surface area contributed by atoms with Crippen LogP contribution >= 0.6 is 11.3 Å². The first-order chi connectivity index (χ1) is 8.49. The Morgan fingerprint density at radius 2 is 2.17 bits per heavy atom. The number of hydrogen-bond donors (Lipinski definition) is 1. The molecule has 0 saturated heterocycles. The molecule has 1 aromatic rings. The Labute approximate surface area is 114 Å². The molecular formula is C14H24N2OS. The van der Waals surface area contributed by atoms with Gasteiger partial charge in [0, 0.05) is 30.0 Å². The Hall–Kier alpha value is -0.450. The van der Waals surface area contributed by atoms with Crippen molar-refractivity contribution in [3.8, 4) is 0 Å². The van der Waals surface area contributed by atoms with Crippen molar-refractivity contribution in [3.05, 3.63) is 16.1 Å². The zero-order chi connectivity index (χ0) is 13.2. The van der Waals surface area contributed by atoms with E-state index in [9.17, 15) is 0 Å². The molecule has 2 rings (SSSR count). The SMILES string of the molecule is CCOC1CC(NCc2nc(C(C)(C)C)cs2)C1. The average Bonchev–Trinajstić information content (AvgIpc) is 2.69. The summed E-state index contributed by atoms with van der Waals surface area (Å²) in [5, 5.41) is 6.93. The monoisotopic (exact) mass is 268 g/mol. The molecule has 0 aliphatic heterocycles. The van der Waals surface area contributed by atoms with E-state index in [0.29, 0.717) is 12.1 Å². The van der Waals surface area contributed by atoms with Crippen molar-refractivity contribution >= 4 is 11.3 Å². The maximum Gasteiger partial charge on any atom is 0.107 e. The molecule has 0 spiro atoms. The predicted octanol–water partition coefficient (Wildman–Crippen LogP) is 3.10. The van der Waals surface area contributed by atoms with Crippen LogP contribution in [-0.4, -0.2) is 23.7 Å². The summed E-state index contributed by atoms with van der Waals surface area (Å²) in [6.45, 7) is 10.4. The molecule has 1 saturated carbocycles. The number of hydrogen-bond acceptors (Lipinski definition) is 4. The van der Waals surface area contributed by atoms with Crippen molar-refractivity contribution in [2.24, 2.45) is 0 Å². The van der Waals surface area contributed by atoms with Crippen LogP contribution in [-0.2, 0) is 16.7 Å². The number of nitrogens with one attached hydrogen (secondary N) is 1. The maximum absolute atomic E-state index is 5.56. The quantitative estimate of drug-likeness (QED) is 0.891. The van der Waals surface area contributed by atoms with Crippen molar-refractivity contribution in [1.82, 2.24) is 10.3 Å². The molecule has 102 valence electrons. The van der Waals surface area contributed by atoms with Gasteiger partial charge >= 0.3 is 0 Å². The van der Waals surface area contributed by atoms with E-state index in [1.807, 2.05) is 0 Å². The summed E-state index contributed by atoms with van der Waals surface area (Å²) in [4.78, 5) is 4.69. The molecule has 0 amide bonds. The molecule has 18 heavy (non-hydrogen) atoms. The van der Waals surface area contributed by atoms with Crippen LogP contribution in [0.2, 0.25) is 0 Å². The van der Waals surface area contributed by atoms with Gasteiger partial charge in [-0.15, -0.1) is 11.3 Å². The van der Waals surface area contributed by atoms with Crippen LogP contribution < -0.4 is 5.32 Å². The van der Waals surface area contributed by atoms with Gasteiger partial charge in [0.1, 0.15) is 5.01 Å². The predicted molar refractivity (Wildman–Crippen MR) is 76.1 cm³/mol. The van der Waals surface area contributed by atoms with Crippen LogP contribution in [0.25, 0.3) is 0 Å². The fourth-order valence-corrected chi connectivity index (χ4v) is 3.04. The molecule has 0 bridgehead atoms. The number of rotatable bonds is 5. The highest BCUT2D eigenvalue weighted by molar-refractivity contribution is 7.09. The van der Waals surface area contributed by atoms with Gasteiger partial charge in [0.05, 0.1) is 11.8 Å². The van der Waals surface area contributed by atoms with E-state index >= 15 is 0 Å². The van der Waals surface area contributed by atoms with Crippen LogP contribution in [0.1, 0.15) is 51.2 Å². The second-order valence-electron chi connectivity index (χ2n) is 6.00. The highest BCUT2D eigenvalue weighted by Crippen LogP contribution is 2.26. The summed E-state index contributed by atoms with van der Waals surface area (Å²) < 4.78 is 5.56. The maximum atomic E-state index is 5.56. The van der Waals surface area contributed by atoms with Gasteiger partial charge < -0.3 is 10.1 Å². The first-order valence-electron chi connectivity index (χ1n) is 6.79. The Balaban J connectivity index is 1.73. The lowest BCUT2D eigenvalue weighted by molar-refractivity contribution is -0.0102. The summed E-state index contributed by atoms with van der Waals surface area (Å²) in [7, 11) is 0. The minimum Gasteiger partial charge on any atom is -0.378 e. The van der Waals surface area contributed by atoms with Gasteiger partial charge in [0.2, 0.25) is 0 Å². The van der Waals surface area contributed by atoms with Crippen molar-refractivity contribution in [2.45, 2.75) is 64.6 Å². The topological polar surface area (TPSA) is 34.1 Å². The Bertz CT molecular complexity index is 377. The Morgan fingerprint density at radius 3 is 2.72 bits per heavy atom. The largest absolute Gasteiger partial charge is 0.378 e. The van der Waals surface area contributed by atoms with Crippen LogP contribution in [0.15, 0.2) is 5.38 Å². The van der Waals surface area contributed by atoms with E-state index in [1.54, 1.807) is 11.3 Å². The second-order valence-corrected chi connectivity index (χ2v) is 6.95.